The summed E-state index contributed by atoms with van der Waals surface area (Å²) in [6, 6.07) is 5.97. The molecule has 1 saturated heterocycles. The minimum Gasteiger partial charge on any atom is -0.359 e. The quantitative estimate of drug-likeness (QED) is 0.411. The third kappa shape index (κ3) is 6.62. The molecule has 0 atom stereocenters. The molecule has 1 aromatic heterocycles. The van der Waals surface area contributed by atoms with Crippen molar-refractivity contribution in [2.24, 2.45) is 10.9 Å². The minimum atomic E-state index is 0. The molecule has 0 bridgehead atoms. The van der Waals surface area contributed by atoms with E-state index >= 15 is 0 Å². The zero-order valence-electron chi connectivity index (χ0n) is 14.5. The van der Waals surface area contributed by atoms with E-state index in [0.717, 1.165) is 50.6 Å². The number of guanidine groups is 1. The van der Waals surface area contributed by atoms with Gasteiger partial charge in [0, 0.05) is 58.5 Å². The third-order valence-electron chi connectivity index (χ3n) is 4.27. The van der Waals surface area contributed by atoms with E-state index in [4.69, 9.17) is 0 Å². The first-order valence-electron chi connectivity index (χ1n) is 8.29. The number of hydrogen-bond donors (Lipinski definition) is 2. The Hall–Kier alpha value is -1.38. The van der Waals surface area contributed by atoms with Crippen LogP contribution in [0.1, 0.15) is 25.0 Å². The van der Waals surface area contributed by atoms with Gasteiger partial charge in [0.1, 0.15) is 0 Å². The topological polar surface area (TPSA) is 69.6 Å². The van der Waals surface area contributed by atoms with Crippen LogP contribution in [0.15, 0.2) is 29.4 Å². The molecule has 2 heterocycles. The van der Waals surface area contributed by atoms with Crippen LogP contribution in [0.5, 0.6) is 0 Å². The van der Waals surface area contributed by atoms with Crippen molar-refractivity contribution in [1.82, 2.24) is 20.5 Å². The summed E-state index contributed by atoms with van der Waals surface area (Å²) in [6.07, 6.45) is 5.41. The molecule has 0 radical (unpaired) electrons. The summed E-state index contributed by atoms with van der Waals surface area (Å²) >= 11 is 0. The number of pyridine rings is 1. The number of carbonyl (C=O) groups excluding carboxylic acids is 1. The number of halogens is 1. The second-order valence-corrected chi connectivity index (χ2v) is 5.85. The van der Waals surface area contributed by atoms with Gasteiger partial charge >= 0.3 is 0 Å². The average Bonchev–Trinajstić information content (AvgIpc) is 2.60. The largest absolute Gasteiger partial charge is 0.359 e. The Morgan fingerprint density at radius 3 is 2.71 bits per heavy atom. The van der Waals surface area contributed by atoms with Crippen molar-refractivity contribution < 1.29 is 4.79 Å². The molecule has 1 aromatic rings. The van der Waals surface area contributed by atoms with Crippen LogP contribution in [-0.4, -0.2) is 55.5 Å². The third-order valence-corrected chi connectivity index (χ3v) is 4.27. The van der Waals surface area contributed by atoms with Gasteiger partial charge in [0.05, 0.1) is 0 Å². The van der Waals surface area contributed by atoms with Gasteiger partial charge < -0.3 is 15.5 Å². The first kappa shape index (κ1) is 20.7. The number of nitrogens with one attached hydrogen (secondary N) is 2. The van der Waals surface area contributed by atoms with Crippen LogP contribution in [0.2, 0.25) is 0 Å². The summed E-state index contributed by atoms with van der Waals surface area (Å²) in [5, 5.41) is 6.12. The number of piperidine rings is 1. The molecule has 0 unspecified atom stereocenters. The van der Waals surface area contributed by atoms with Crippen molar-refractivity contribution >= 4 is 35.8 Å². The van der Waals surface area contributed by atoms with Crippen LogP contribution >= 0.6 is 24.0 Å². The van der Waals surface area contributed by atoms with Crippen molar-refractivity contribution in [2.75, 3.05) is 33.7 Å². The molecule has 1 fully saturated rings. The Morgan fingerprint density at radius 1 is 1.38 bits per heavy atom. The Bertz CT molecular complexity index is 515. The van der Waals surface area contributed by atoms with Crippen LogP contribution in [0.4, 0.5) is 0 Å². The summed E-state index contributed by atoms with van der Waals surface area (Å²) in [5.41, 5.74) is 1.08. The van der Waals surface area contributed by atoms with Gasteiger partial charge in [-0.3, -0.25) is 14.8 Å². The zero-order chi connectivity index (χ0) is 16.5. The number of aliphatic imine (C=N–C) groups is 1. The van der Waals surface area contributed by atoms with Gasteiger partial charge in [-0.2, -0.15) is 0 Å². The summed E-state index contributed by atoms with van der Waals surface area (Å²) < 4.78 is 0. The number of aromatic nitrogens is 1. The number of nitrogens with zero attached hydrogens (tertiary/aromatic N) is 3. The predicted molar refractivity (Wildman–Crippen MR) is 108 cm³/mol. The van der Waals surface area contributed by atoms with Crippen molar-refractivity contribution in [3.8, 4) is 0 Å². The van der Waals surface area contributed by atoms with Crippen LogP contribution in [0, 0.1) is 5.92 Å². The van der Waals surface area contributed by atoms with E-state index in [9.17, 15) is 4.79 Å². The smallest absolute Gasteiger partial charge is 0.220 e. The first-order chi connectivity index (χ1) is 11.2. The Labute approximate surface area is 161 Å². The normalized spacial score (nSPS) is 15.6. The maximum absolute atomic E-state index is 11.5. The second-order valence-electron chi connectivity index (χ2n) is 5.85. The van der Waals surface area contributed by atoms with Gasteiger partial charge in [-0.25, -0.2) is 0 Å². The molecule has 24 heavy (non-hydrogen) atoms. The Kier molecular flexibility index (Phi) is 9.66. The zero-order valence-corrected chi connectivity index (χ0v) is 16.8. The van der Waals surface area contributed by atoms with E-state index in [0.29, 0.717) is 12.3 Å². The lowest BCUT2D eigenvalue weighted by atomic mass is 9.93. The number of likely N-dealkylation sites (tertiary alicyclic amines) is 1. The van der Waals surface area contributed by atoms with Crippen LogP contribution < -0.4 is 10.6 Å². The summed E-state index contributed by atoms with van der Waals surface area (Å²) in [7, 11) is 3.52. The number of rotatable bonds is 5. The highest BCUT2D eigenvalue weighted by atomic mass is 127. The lowest BCUT2D eigenvalue weighted by Crippen LogP contribution is -2.46. The summed E-state index contributed by atoms with van der Waals surface area (Å²) in [4.78, 5) is 22.4. The summed E-state index contributed by atoms with van der Waals surface area (Å²) in [5.74, 6) is 1.57. The highest BCUT2D eigenvalue weighted by Gasteiger charge is 2.22. The standard InChI is InChI=1S/C17H27N5O.HI/c1-18-16(23)13-14-7-11-22(12-8-14)17(19-2)21-10-6-15-5-3-4-9-20-15;/h3-5,9,14H,6-8,10-13H2,1-2H3,(H,18,23)(H,19,21);1H. The van der Waals surface area contributed by atoms with Crippen molar-refractivity contribution in [3.63, 3.8) is 0 Å². The van der Waals surface area contributed by atoms with Gasteiger partial charge in [-0.05, 0) is 30.9 Å². The molecule has 6 nitrogen and oxygen atoms in total. The molecule has 1 amide bonds. The van der Waals surface area contributed by atoms with Crippen LogP contribution in [-0.2, 0) is 11.2 Å². The predicted octanol–water partition coefficient (Wildman–Crippen LogP) is 1.67. The molecule has 0 aromatic carbocycles. The van der Waals surface area contributed by atoms with Crippen molar-refractivity contribution in [1.29, 1.82) is 0 Å². The van der Waals surface area contributed by atoms with E-state index in [1.807, 2.05) is 31.4 Å². The molecule has 1 aliphatic rings. The molecule has 0 spiro atoms. The molecule has 7 heteroatoms. The monoisotopic (exact) mass is 445 g/mol. The minimum absolute atomic E-state index is 0. The number of carbonyl (C=O) groups is 1. The van der Waals surface area contributed by atoms with Gasteiger partial charge in [0.15, 0.2) is 5.96 Å². The van der Waals surface area contributed by atoms with E-state index in [1.165, 1.54) is 0 Å². The molecule has 2 N–H and O–H groups in total. The molecule has 0 saturated carbocycles. The molecular weight excluding hydrogens is 417 g/mol. The maximum atomic E-state index is 11.5. The van der Waals surface area contributed by atoms with E-state index in [-0.39, 0.29) is 29.9 Å². The second kappa shape index (κ2) is 11.2. The van der Waals surface area contributed by atoms with Gasteiger partial charge in [0.2, 0.25) is 5.91 Å². The number of hydrogen-bond acceptors (Lipinski definition) is 3. The molecular formula is C17H28IN5O. The lowest BCUT2D eigenvalue weighted by molar-refractivity contribution is -0.121. The van der Waals surface area contributed by atoms with Crippen LogP contribution in [0.25, 0.3) is 0 Å². The molecule has 134 valence electrons. The van der Waals surface area contributed by atoms with Gasteiger partial charge in [0.25, 0.3) is 0 Å². The van der Waals surface area contributed by atoms with Gasteiger partial charge in [-0.1, -0.05) is 6.07 Å². The van der Waals surface area contributed by atoms with E-state index in [2.05, 4.69) is 25.5 Å². The van der Waals surface area contributed by atoms with Gasteiger partial charge in [-0.15, -0.1) is 24.0 Å². The van der Waals surface area contributed by atoms with Crippen LogP contribution in [0.3, 0.4) is 0 Å². The first-order valence-corrected chi connectivity index (χ1v) is 8.29. The fraction of sp³-hybridized carbons (Fsp3) is 0.588. The molecule has 1 aliphatic heterocycles. The lowest BCUT2D eigenvalue weighted by Gasteiger charge is -2.34. The summed E-state index contributed by atoms with van der Waals surface area (Å²) in [6.45, 7) is 2.72. The fourth-order valence-electron chi connectivity index (χ4n) is 2.89. The van der Waals surface area contributed by atoms with E-state index < -0.39 is 0 Å². The maximum Gasteiger partial charge on any atom is 0.220 e. The Morgan fingerprint density at radius 2 is 2.12 bits per heavy atom. The fourth-order valence-corrected chi connectivity index (χ4v) is 2.89. The Balaban J connectivity index is 0.00000288. The highest BCUT2D eigenvalue weighted by molar-refractivity contribution is 14.0. The highest BCUT2D eigenvalue weighted by Crippen LogP contribution is 2.20. The van der Waals surface area contributed by atoms with E-state index in [1.54, 1.807) is 7.05 Å². The number of amides is 1. The SMILES string of the molecule is CN=C(NCCc1ccccn1)N1CCC(CC(=O)NC)CC1.I. The average molecular weight is 445 g/mol. The molecule has 0 aliphatic carbocycles. The van der Waals surface area contributed by atoms with Crippen molar-refractivity contribution in [2.45, 2.75) is 25.7 Å². The molecule has 2 rings (SSSR count). The van der Waals surface area contributed by atoms with Crippen molar-refractivity contribution in [3.05, 3.63) is 30.1 Å².